The van der Waals surface area contributed by atoms with Gasteiger partial charge in [0.15, 0.2) is 0 Å². The van der Waals surface area contributed by atoms with E-state index >= 15 is 0 Å². The summed E-state index contributed by atoms with van der Waals surface area (Å²) in [4.78, 5) is 4.38. The van der Waals surface area contributed by atoms with Gasteiger partial charge in [-0.05, 0) is 6.42 Å². The van der Waals surface area contributed by atoms with E-state index in [2.05, 4.69) is 24.1 Å². The van der Waals surface area contributed by atoms with Gasteiger partial charge >= 0.3 is 0 Å². The van der Waals surface area contributed by atoms with E-state index in [4.69, 9.17) is 10.5 Å². The van der Waals surface area contributed by atoms with Crippen molar-refractivity contribution >= 4 is 17.6 Å². The van der Waals surface area contributed by atoms with Crippen LogP contribution < -0.4 is 5.73 Å². The number of ether oxygens (including phenoxy) is 1. The van der Waals surface area contributed by atoms with Crippen molar-refractivity contribution in [2.45, 2.75) is 31.2 Å². The minimum atomic E-state index is -0.931. The van der Waals surface area contributed by atoms with Crippen molar-refractivity contribution in [3.63, 3.8) is 0 Å². The van der Waals surface area contributed by atoms with Crippen LogP contribution in [-0.4, -0.2) is 23.3 Å². The van der Waals surface area contributed by atoms with Crippen LogP contribution in [0.25, 0.3) is 0 Å². The highest BCUT2D eigenvalue weighted by Gasteiger charge is 2.92. The Kier molecular flexibility index (Phi) is 2.61. The van der Waals surface area contributed by atoms with Crippen LogP contribution in [0.5, 0.6) is 0 Å². The highest BCUT2D eigenvalue weighted by molar-refractivity contribution is 8.00. The van der Waals surface area contributed by atoms with Gasteiger partial charge in [-0.3, -0.25) is 0 Å². The van der Waals surface area contributed by atoms with Crippen LogP contribution in [0, 0.1) is 39.4 Å². The first-order valence-corrected chi connectivity index (χ1v) is 7.60. The Morgan fingerprint density at radius 2 is 2.32 bits per heavy atom. The average molecular weight is 276 g/mol. The number of fused-ring (bicyclic) bond motifs is 2. The molecule has 0 bridgehead atoms. The molecule has 0 aromatic heterocycles. The monoisotopic (exact) mass is 276 g/mol. The maximum absolute atomic E-state index is 9.75. The highest BCUT2D eigenvalue weighted by atomic mass is 32.2. The summed E-state index contributed by atoms with van der Waals surface area (Å²) in [7, 11) is 0. The van der Waals surface area contributed by atoms with Crippen molar-refractivity contribution in [3.05, 3.63) is 0 Å². The summed E-state index contributed by atoms with van der Waals surface area (Å²) in [5, 5.41) is 18.4. The van der Waals surface area contributed by atoms with Gasteiger partial charge in [-0.1, -0.05) is 31.5 Å². The average Bonchev–Trinajstić information content (AvgIpc) is 2.67. The van der Waals surface area contributed by atoms with Crippen LogP contribution in [-0.2, 0) is 4.74 Å². The smallest absolute Gasteiger partial charge is 0.230 e. The fourth-order valence-electron chi connectivity index (χ4n) is 3.73. The van der Waals surface area contributed by atoms with Crippen molar-refractivity contribution in [2.24, 2.45) is 27.5 Å². The molecule has 2 fully saturated rings. The number of aliphatic imine (C=N–C) groups is 1. The van der Waals surface area contributed by atoms with E-state index in [0.29, 0.717) is 12.4 Å². The maximum atomic E-state index is 9.75. The minimum absolute atomic E-state index is 0.0435. The van der Waals surface area contributed by atoms with Gasteiger partial charge < -0.3 is 10.5 Å². The highest BCUT2D eigenvalue weighted by Crippen LogP contribution is 2.81. The van der Waals surface area contributed by atoms with Crippen molar-refractivity contribution < 1.29 is 4.74 Å². The predicted octanol–water partition coefficient (Wildman–Crippen LogP) is 1.61. The Morgan fingerprint density at radius 1 is 1.53 bits per heavy atom. The molecular formula is C13H16N4OS. The Labute approximate surface area is 116 Å². The van der Waals surface area contributed by atoms with E-state index in [-0.39, 0.29) is 5.92 Å². The third-order valence-electron chi connectivity index (χ3n) is 4.63. The number of hydrogen-bond acceptors (Lipinski definition) is 6. The van der Waals surface area contributed by atoms with Crippen LogP contribution in [0.1, 0.15) is 26.2 Å². The largest absolute Gasteiger partial charge is 0.386 e. The van der Waals surface area contributed by atoms with Gasteiger partial charge in [0.25, 0.3) is 0 Å². The van der Waals surface area contributed by atoms with E-state index in [9.17, 15) is 10.5 Å². The first-order chi connectivity index (χ1) is 9.15. The molecule has 4 atom stereocenters. The molecule has 3 rings (SSSR count). The lowest BCUT2D eigenvalue weighted by Gasteiger charge is -2.26. The molecule has 0 unspecified atom stereocenters. The Balaban J connectivity index is 2.06. The molecule has 3 aliphatic rings. The number of hydrogen-bond donors (Lipinski definition) is 1. The first-order valence-electron chi connectivity index (χ1n) is 6.61. The summed E-state index contributed by atoms with van der Waals surface area (Å²) in [5.74, 6) is 1.05. The molecule has 0 radical (unpaired) electrons. The van der Waals surface area contributed by atoms with Crippen molar-refractivity contribution in [1.29, 1.82) is 10.5 Å². The molecule has 1 saturated heterocycles. The molecule has 0 aromatic rings. The second-order valence-electron chi connectivity index (χ2n) is 5.31. The maximum Gasteiger partial charge on any atom is 0.230 e. The fraction of sp³-hybridized carbons (Fsp3) is 0.769. The van der Waals surface area contributed by atoms with Gasteiger partial charge in [-0.25, -0.2) is 4.99 Å². The van der Waals surface area contributed by atoms with Gasteiger partial charge in [-0.15, -0.1) is 0 Å². The SMILES string of the molecule is CCCC[C@@H]1[C@@]2(C#N)[C@@]3(N=C(N)[C@@]12C#N)OCCS3. The summed E-state index contributed by atoms with van der Waals surface area (Å²) < 4.78 is 5.78. The third kappa shape index (κ3) is 1.13. The summed E-state index contributed by atoms with van der Waals surface area (Å²) in [5.41, 5.74) is 4.22. The lowest BCUT2D eigenvalue weighted by Crippen LogP contribution is -2.34. The fourth-order valence-corrected chi connectivity index (χ4v) is 5.08. The first kappa shape index (κ1) is 12.8. The quantitative estimate of drug-likeness (QED) is 0.845. The molecule has 1 spiro atoms. The number of unbranched alkanes of at least 4 members (excludes halogenated alkanes) is 1. The van der Waals surface area contributed by atoms with Crippen LogP contribution >= 0.6 is 11.8 Å². The van der Waals surface area contributed by atoms with Crippen molar-refractivity contribution in [2.75, 3.05) is 12.4 Å². The topological polar surface area (TPSA) is 95.2 Å². The molecule has 100 valence electrons. The number of nitrogens with two attached hydrogens (primary N) is 1. The van der Waals surface area contributed by atoms with E-state index in [0.717, 1.165) is 25.0 Å². The van der Waals surface area contributed by atoms with Crippen LogP contribution in [0.4, 0.5) is 0 Å². The molecule has 2 heterocycles. The van der Waals surface area contributed by atoms with Crippen molar-refractivity contribution in [1.82, 2.24) is 0 Å². The zero-order valence-corrected chi connectivity index (χ0v) is 11.7. The number of nitriles is 2. The summed E-state index contributed by atoms with van der Waals surface area (Å²) in [6.45, 7) is 2.66. The molecule has 1 aliphatic carbocycles. The lowest BCUT2D eigenvalue weighted by atomic mass is 9.95. The standard InChI is InChI=1S/C13H16N4OS/c1-2-3-4-9-11(7-14)10(16)17-13(12(9,11)8-15)18-5-6-19-13/h9H,2-6H2,1H3,(H2,16,17)/t9-,11+,12+,13+/m0/s1. The van der Waals surface area contributed by atoms with Crippen LogP contribution in [0.15, 0.2) is 4.99 Å². The van der Waals surface area contributed by atoms with Crippen molar-refractivity contribution in [3.8, 4) is 12.1 Å². The minimum Gasteiger partial charge on any atom is -0.386 e. The number of rotatable bonds is 3. The van der Waals surface area contributed by atoms with Gasteiger partial charge in [0.1, 0.15) is 16.7 Å². The second kappa shape index (κ2) is 3.88. The number of nitrogens with zero attached hydrogens (tertiary/aromatic N) is 3. The second-order valence-corrected chi connectivity index (χ2v) is 6.56. The number of thioether (sulfide) groups is 1. The molecule has 0 aromatic carbocycles. The predicted molar refractivity (Wildman–Crippen MR) is 71.9 cm³/mol. The zero-order chi connectivity index (χ0) is 13.7. The Morgan fingerprint density at radius 3 is 2.84 bits per heavy atom. The molecule has 0 amide bonds. The molecule has 6 heteroatoms. The summed E-state index contributed by atoms with van der Waals surface area (Å²) in [6, 6.07) is 4.66. The molecular weight excluding hydrogens is 260 g/mol. The van der Waals surface area contributed by atoms with Gasteiger partial charge in [0, 0.05) is 11.7 Å². The molecule has 2 aliphatic heterocycles. The summed E-state index contributed by atoms with van der Waals surface area (Å²) >= 11 is 1.52. The Hall–Kier alpha value is -1.24. The molecule has 2 N–H and O–H groups in total. The van der Waals surface area contributed by atoms with E-state index < -0.39 is 15.9 Å². The van der Waals surface area contributed by atoms with E-state index in [1.54, 1.807) is 0 Å². The zero-order valence-electron chi connectivity index (χ0n) is 10.8. The molecule has 5 nitrogen and oxygen atoms in total. The normalized spacial score (nSPS) is 46.5. The van der Waals surface area contributed by atoms with Gasteiger partial charge in [-0.2, -0.15) is 10.5 Å². The third-order valence-corrected chi connectivity index (χ3v) is 5.93. The summed E-state index contributed by atoms with van der Waals surface area (Å²) in [6.07, 6.45) is 2.86. The van der Waals surface area contributed by atoms with E-state index in [1.165, 1.54) is 11.8 Å². The van der Waals surface area contributed by atoms with E-state index in [1.807, 2.05) is 0 Å². The molecule has 19 heavy (non-hydrogen) atoms. The number of amidine groups is 1. The lowest BCUT2D eigenvalue weighted by molar-refractivity contribution is 0.0163. The van der Waals surface area contributed by atoms with Crippen LogP contribution in [0.2, 0.25) is 0 Å². The molecule has 1 saturated carbocycles. The van der Waals surface area contributed by atoms with Gasteiger partial charge in [0.05, 0.1) is 18.7 Å². The Bertz CT molecular complexity index is 528. The van der Waals surface area contributed by atoms with Gasteiger partial charge in [0.2, 0.25) is 5.06 Å². The van der Waals surface area contributed by atoms with Crippen LogP contribution in [0.3, 0.4) is 0 Å².